The highest BCUT2D eigenvalue weighted by Crippen LogP contribution is 2.43. The smallest absolute Gasteiger partial charge is 0.233 e. The zero-order chi connectivity index (χ0) is 16.4. The van der Waals surface area contributed by atoms with Crippen LogP contribution in [0.5, 0.6) is 0 Å². The predicted molar refractivity (Wildman–Crippen MR) is 104 cm³/mol. The van der Waals surface area contributed by atoms with E-state index in [0.717, 1.165) is 43.1 Å². The molecule has 2 N–H and O–H groups in total. The molecule has 2 atom stereocenters. The highest BCUT2D eigenvalue weighted by Gasteiger charge is 2.46. The molecule has 1 aliphatic heterocycles. The largest absolute Gasteiger partial charge is 0.339 e. The Balaban J connectivity index is 0.00000208. The van der Waals surface area contributed by atoms with Gasteiger partial charge in [-0.15, -0.1) is 12.4 Å². The molecule has 24 heavy (non-hydrogen) atoms. The van der Waals surface area contributed by atoms with E-state index in [1.807, 2.05) is 6.07 Å². The molecule has 0 bridgehead atoms. The Bertz CT molecular complexity index is 574. The van der Waals surface area contributed by atoms with Crippen LogP contribution in [0.4, 0.5) is 0 Å². The monoisotopic (exact) mass is 414 g/mol. The summed E-state index contributed by atoms with van der Waals surface area (Å²) in [5.41, 5.74) is 6.70. The summed E-state index contributed by atoms with van der Waals surface area (Å²) >= 11 is 3.58. The van der Waals surface area contributed by atoms with Crippen molar-refractivity contribution in [3.63, 3.8) is 0 Å². The maximum absolute atomic E-state index is 13.6. The average Bonchev–Trinajstić information content (AvgIpc) is 2.95. The summed E-state index contributed by atoms with van der Waals surface area (Å²) in [5.74, 6) is 0.788. The molecule has 2 fully saturated rings. The van der Waals surface area contributed by atoms with Crippen molar-refractivity contribution in [2.45, 2.75) is 56.9 Å². The zero-order valence-electron chi connectivity index (χ0n) is 14.3. The Morgan fingerprint density at radius 2 is 2.04 bits per heavy atom. The van der Waals surface area contributed by atoms with E-state index in [2.05, 4.69) is 46.0 Å². The standard InChI is InChI=1S/C19H27BrN2O.ClH/c1-14-10-15(12-21)13-22(14)18(23)19(8-3-2-4-9-19)16-6-5-7-17(20)11-16;/h5-7,11,14-15H,2-4,8-10,12-13,21H2,1H3;1H. The van der Waals surface area contributed by atoms with Crippen molar-refractivity contribution in [1.82, 2.24) is 4.90 Å². The van der Waals surface area contributed by atoms with Gasteiger partial charge >= 0.3 is 0 Å². The second kappa shape index (κ2) is 8.20. The van der Waals surface area contributed by atoms with Gasteiger partial charge in [-0.3, -0.25) is 4.79 Å². The van der Waals surface area contributed by atoms with Crippen LogP contribution in [0.15, 0.2) is 28.7 Å². The Morgan fingerprint density at radius 3 is 2.62 bits per heavy atom. The van der Waals surface area contributed by atoms with E-state index in [-0.39, 0.29) is 17.8 Å². The SMILES string of the molecule is CC1CC(CN)CN1C(=O)C1(c2cccc(Br)c2)CCCCC1.Cl. The van der Waals surface area contributed by atoms with Gasteiger partial charge in [0.1, 0.15) is 0 Å². The van der Waals surface area contributed by atoms with Crippen molar-refractivity contribution in [3.8, 4) is 0 Å². The molecule has 0 radical (unpaired) electrons. The van der Waals surface area contributed by atoms with Crippen LogP contribution in [0.3, 0.4) is 0 Å². The quantitative estimate of drug-likeness (QED) is 0.801. The molecular formula is C19H28BrClN2O. The fourth-order valence-electron chi connectivity index (χ4n) is 4.44. The third-order valence-electron chi connectivity index (χ3n) is 5.75. The fraction of sp³-hybridized carbons (Fsp3) is 0.632. The number of hydrogen-bond acceptors (Lipinski definition) is 2. The summed E-state index contributed by atoms with van der Waals surface area (Å²) in [6.45, 7) is 3.68. The lowest BCUT2D eigenvalue weighted by Crippen LogP contribution is -2.49. The summed E-state index contributed by atoms with van der Waals surface area (Å²) in [6.07, 6.45) is 6.50. The fourth-order valence-corrected chi connectivity index (χ4v) is 4.84. The van der Waals surface area contributed by atoms with Crippen molar-refractivity contribution in [2.24, 2.45) is 11.7 Å². The lowest BCUT2D eigenvalue weighted by molar-refractivity contribution is -0.139. The molecule has 1 saturated carbocycles. The van der Waals surface area contributed by atoms with Crippen molar-refractivity contribution >= 4 is 34.2 Å². The van der Waals surface area contributed by atoms with Gasteiger partial charge < -0.3 is 10.6 Å². The maximum Gasteiger partial charge on any atom is 0.233 e. The van der Waals surface area contributed by atoms with Gasteiger partial charge in [-0.1, -0.05) is 47.3 Å². The van der Waals surface area contributed by atoms with E-state index < -0.39 is 0 Å². The van der Waals surface area contributed by atoms with E-state index in [1.54, 1.807) is 0 Å². The molecule has 3 nitrogen and oxygen atoms in total. The molecule has 3 rings (SSSR count). The first-order chi connectivity index (χ1) is 11.1. The first kappa shape index (κ1) is 19.7. The molecule has 0 aromatic heterocycles. The van der Waals surface area contributed by atoms with Crippen LogP contribution < -0.4 is 5.73 Å². The lowest BCUT2D eigenvalue weighted by Gasteiger charge is -2.40. The third-order valence-corrected chi connectivity index (χ3v) is 6.24. The third kappa shape index (κ3) is 3.66. The molecule has 5 heteroatoms. The van der Waals surface area contributed by atoms with E-state index in [4.69, 9.17) is 5.73 Å². The van der Waals surface area contributed by atoms with Gasteiger partial charge in [-0.2, -0.15) is 0 Å². The molecule has 1 heterocycles. The molecule has 1 saturated heterocycles. The summed E-state index contributed by atoms with van der Waals surface area (Å²) in [5, 5.41) is 0. The molecule has 1 amide bonds. The van der Waals surface area contributed by atoms with Crippen LogP contribution in [-0.2, 0) is 10.2 Å². The Kier molecular flexibility index (Phi) is 6.74. The maximum atomic E-state index is 13.6. The van der Waals surface area contributed by atoms with Gasteiger partial charge in [0, 0.05) is 17.1 Å². The van der Waals surface area contributed by atoms with Gasteiger partial charge in [0.25, 0.3) is 0 Å². The second-order valence-corrected chi connectivity index (χ2v) is 8.21. The van der Waals surface area contributed by atoms with Crippen LogP contribution in [0.25, 0.3) is 0 Å². The van der Waals surface area contributed by atoms with Crippen molar-refractivity contribution in [1.29, 1.82) is 0 Å². The van der Waals surface area contributed by atoms with E-state index in [0.29, 0.717) is 24.4 Å². The summed E-state index contributed by atoms with van der Waals surface area (Å²) < 4.78 is 1.06. The number of hydrogen-bond donors (Lipinski definition) is 1. The number of benzene rings is 1. The molecule has 2 unspecified atom stereocenters. The molecule has 2 aliphatic rings. The van der Waals surface area contributed by atoms with Crippen LogP contribution in [-0.4, -0.2) is 29.9 Å². The minimum Gasteiger partial charge on any atom is -0.339 e. The number of halogens is 2. The lowest BCUT2D eigenvalue weighted by atomic mass is 9.68. The number of nitrogens with zero attached hydrogens (tertiary/aromatic N) is 1. The summed E-state index contributed by atoms with van der Waals surface area (Å²) in [7, 11) is 0. The predicted octanol–water partition coefficient (Wildman–Crippen LogP) is 4.27. The van der Waals surface area contributed by atoms with Gasteiger partial charge in [0.2, 0.25) is 5.91 Å². The first-order valence-corrected chi connectivity index (χ1v) is 9.63. The molecule has 1 aromatic rings. The first-order valence-electron chi connectivity index (χ1n) is 8.84. The molecule has 1 aromatic carbocycles. The Morgan fingerprint density at radius 1 is 1.33 bits per heavy atom. The van der Waals surface area contributed by atoms with E-state index >= 15 is 0 Å². The van der Waals surface area contributed by atoms with Gasteiger partial charge in [0.15, 0.2) is 0 Å². The van der Waals surface area contributed by atoms with Crippen LogP contribution in [0.2, 0.25) is 0 Å². The van der Waals surface area contributed by atoms with Crippen molar-refractivity contribution in [3.05, 3.63) is 34.3 Å². The number of amides is 1. The number of carbonyl (C=O) groups excluding carboxylic acids is 1. The van der Waals surface area contributed by atoms with Crippen LogP contribution >= 0.6 is 28.3 Å². The number of rotatable bonds is 3. The van der Waals surface area contributed by atoms with Gasteiger partial charge in [-0.05, 0) is 56.3 Å². The highest BCUT2D eigenvalue weighted by atomic mass is 79.9. The Labute approximate surface area is 159 Å². The second-order valence-electron chi connectivity index (χ2n) is 7.30. The van der Waals surface area contributed by atoms with Gasteiger partial charge in [-0.25, -0.2) is 0 Å². The Hall–Kier alpha value is -0.580. The van der Waals surface area contributed by atoms with Crippen molar-refractivity contribution < 1.29 is 4.79 Å². The topological polar surface area (TPSA) is 46.3 Å². The normalized spacial score (nSPS) is 26.0. The minimum atomic E-state index is -0.334. The van der Waals surface area contributed by atoms with Crippen LogP contribution in [0.1, 0.15) is 51.0 Å². The average molecular weight is 416 g/mol. The summed E-state index contributed by atoms with van der Waals surface area (Å²) in [4.78, 5) is 15.7. The number of likely N-dealkylation sites (tertiary alicyclic amines) is 1. The minimum absolute atomic E-state index is 0. The molecule has 134 valence electrons. The highest BCUT2D eigenvalue weighted by molar-refractivity contribution is 9.10. The van der Waals surface area contributed by atoms with E-state index in [1.165, 1.54) is 12.0 Å². The van der Waals surface area contributed by atoms with Crippen molar-refractivity contribution in [2.75, 3.05) is 13.1 Å². The molecular weight excluding hydrogens is 388 g/mol. The zero-order valence-corrected chi connectivity index (χ0v) is 16.7. The van der Waals surface area contributed by atoms with Gasteiger partial charge in [0.05, 0.1) is 5.41 Å². The number of carbonyl (C=O) groups is 1. The van der Waals surface area contributed by atoms with Crippen LogP contribution in [0, 0.1) is 5.92 Å². The number of nitrogens with two attached hydrogens (primary N) is 1. The molecule has 0 spiro atoms. The molecule has 1 aliphatic carbocycles. The van der Waals surface area contributed by atoms with E-state index in [9.17, 15) is 4.79 Å². The summed E-state index contributed by atoms with van der Waals surface area (Å²) in [6, 6.07) is 8.67.